The Morgan fingerprint density at radius 3 is 0.886 bits per heavy atom. The van der Waals surface area contributed by atoms with Crippen molar-refractivity contribution in [1.82, 2.24) is 0 Å². The lowest BCUT2D eigenvalue weighted by molar-refractivity contribution is 0.271. The molecule has 0 bridgehead atoms. The molecule has 0 spiro atoms. The molecule has 0 rings (SSSR count). The Bertz CT molecular complexity index is 657. The second-order valence-electron chi connectivity index (χ2n) is 13.8. The maximum absolute atomic E-state index is 7.18. The van der Waals surface area contributed by atoms with E-state index in [1.54, 1.807) is 0 Å². The quantitative estimate of drug-likeness (QED) is 0.125. The van der Waals surface area contributed by atoms with E-state index in [0.29, 0.717) is 11.8 Å². The van der Waals surface area contributed by atoms with Gasteiger partial charge in [0.2, 0.25) is 0 Å². The van der Waals surface area contributed by atoms with E-state index in [-0.39, 0.29) is 0 Å². The first kappa shape index (κ1) is 36.6. The SMILES string of the molecule is CC(C)C[Si](Cl)(CC(C)C)O[Si](C)(C)O[Si](C)(C)O[Si](C)(C)O[Si](C)(C)O[Si](C)(C)O[Si](C)(C)C. The van der Waals surface area contributed by atoms with Crippen molar-refractivity contribution in [3.8, 4) is 0 Å². The van der Waals surface area contributed by atoms with E-state index in [1.807, 2.05) is 0 Å². The normalized spacial score (nSPS) is 15.4. The first-order chi connectivity index (χ1) is 15.1. The van der Waals surface area contributed by atoms with Crippen LogP contribution in [-0.2, 0) is 24.7 Å². The Morgan fingerprint density at radius 1 is 0.429 bits per heavy atom. The predicted octanol–water partition coefficient (Wildman–Crippen LogP) is 8.42. The summed E-state index contributed by atoms with van der Waals surface area (Å²) in [5, 5.41) is 0. The van der Waals surface area contributed by atoms with Gasteiger partial charge in [0.25, 0.3) is 7.63 Å². The van der Waals surface area contributed by atoms with Crippen LogP contribution >= 0.6 is 11.1 Å². The number of rotatable bonds is 16. The third-order valence-electron chi connectivity index (χ3n) is 4.37. The van der Waals surface area contributed by atoms with Crippen LogP contribution in [0.4, 0.5) is 0 Å². The maximum Gasteiger partial charge on any atom is 0.314 e. The molecule has 212 valence electrons. The molecule has 0 aromatic heterocycles. The largest absolute Gasteiger partial charge is 0.437 e. The average molecular weight is 638 g/mol. The van der Waals surface area contributed by atoms with Crippen molar-refractivity contribution in [3.63, 3.8) is 0 Å². The summed E-state index contributed by atoms with van der Waals surface area (Å²) in [5.41, 5.74) is 0. The van der Waals surface area contributed by atoms with Crippen LogP contribution in [0.15, 0.2) is 0 Å². The Hall–Kier alpha value is 1.57. The fourth-order valence-electron chi connectivity index (χ4n) is 5.04. The van der Waals surface area contributed by atoms with Crippen molar-refractivity contribution in [2.24, 2.45) is 11.8 Å². The van der Waals surface area contributed by atoms with Crippen LogP contribution in [0.2, 0.25) is 97.2 Å². The first-order valence-electron chi connectivity index (χ1n) is 13.0. The van der Waals surface area contributed by atoms with Crippen LogP contribution in [0.3, 0.4) is 0 Å². The summed E-state index contributed by atoms with van der Waals surface area (Å²) in [6.45, 7) is 36.4. The summed E-state index contributed by atoms with van der Waals surface area (Å²) in [6.07, 6.45) is 0. The highest BCUT2D eigenvalue weighted by Crippen LogP contribution is 2.35. The molecule has 14 heteroatoms. The van der Waals surface area contributed by atoms with Crippen molar-refractivity contribution in [2.45, 2.75) is 125 Å². The van der Waals surface area contributed by atoms with Gasteiger partial charge in [0.1, 0.15) is 0 Å². The number of halogens is 1. The fourth-order valence-corrected chi connectivity index (χ4v) is 42.9. The topological polar surface area (TPSA) is 55.4 Å². The maximum atomic E-state index is 7.18. The lowest BCUT2D eigenvalue weighted by Crippen LogP contribution is -2.60. The molecule has 6 nitrogen and oxygen atoms in total. The van der Waals surface area contributed by atoms with Crippen LogP contribution in [0.5, 0.6) is 0 Å². The minimum atomic E-state index is -2.56. The smallest absolute Gasteiger partial charge is 0.314 e. The minimum Gasteiger partial charge on any atom is -0.437 e. The standard InChI is InChI=1S/C21H57ClO6Si7/c1-20(2)18-35(22,19-21(3)4)28-34(16,17)27-33(14,15)26-32(12,13)25-31(10,11)24-30(8,9)23-29(5,6)7/h20-21H,18-19H2,1-17H3. The van der Waals surface area contributed by atoms with Gasteiger partial charge in [-0.05, 0) is 109 Å². The summed E-state index contributed by atoms with van der Waals surface area (Å²) in [6, 6.07) is 1.85. The van der Waals surface area contributed by atoms with Crippen LogP contribution in [-0.4, -0.2) is 58.7 Å². The van der Waals surface area contributed by atoms with Gasteiger partial charge in [-0.3, -0.25) is 0 Å². The molecule has 0 amide bonds. The molecule has 0 aromatic carbocycles. The molecule has 0 N–H and O–H groups in total. The Kier molecular flexibility index (Phi) is 13.4. The molecular weight excluding hydrogens is 580 g/mol. The van der Waals surface area contributed by atoms with Crippen molar-refractivity contribution in [2.75, 3.05) is 0 Å². The molecule has 0 aromatic rings. The van der Waals surface area contributed by atoms with Gasteiger partial charge in [0.15, 0.2) is 8.32 Å². The fraction of sp³-hybridized carbons (Fsp3) is 1.00. The number of hydrogen-bond donors (Lipinski definition) is 0. The second kappa shape index (κ2) is 12.8. The third-order valence-corrected chi connectivity index (χ3v) is 32.4. The molecule has 0 aliphatic carbocycles. The first-order valence-corrected chi connectivity index (χ1v) is 33.8. The Labute approximate surface area is 230 Å². The molecule has 35 heavy (non-hydrogen) atoms. The number of hydrogen-bond acceptors (Lipinski definition) is 6. The Balaban J connectivity index is 5.42. The predicted molar refractivity (Wildman–Crippen MR) is 168 cm³/mol. The van der Waals surface area contributed by atoms with Crippen LogP contribution in [0, 0.1) is 11.8 Å². The van der Waals surface area contributed by atoms with E-state index in [9.17, 15) is 0 Å². The summed E-state index contributed by atoms with van der Waals surface area (Å²) in [5.74, 6) is 0.989. The average Bonchev–Trinajstić information content (AvgIpc) is 2.33. The van der Waals surface area contributed by atoms with Gasteiger partial charge in [0.05, 0.1) is 0 Å². The van der Waals surface area contributed by atoms with Crippen molar-refractivity contribution >= 4 is 69.8 Å². The zero-order valence-corrected chi connectivity index (χ0v) is 33.7. The molecule has 0 fully saturated rings. The summed E-state index contributed by atoms with van der Waals surface area (Å²) >= 11 is 7.18. The van der Waals surface area contributed by atoms with E-state index in [1.165, 1.54) is 0 Å². The third kappa shape index (κ3) is 17.7. The van der Waals surface area contributed by atoms with E-state index in [2.05, 4.69) is 113 Å². The zero-order valence-electron chi connectivity index (χ0n) is 25.9. The molecule has 0 saturated heterocycles. The minimum absolute atomic E-state index is 0.494. The van der Waals surface area contributed by atoms with Gasteiger partial charge >= 0.3 is 42.8 Å². The lowest BCUT2D eigenvalue weighted by atomic mass is 10.3. The highest BCUT2D eigenvalue weighted by molar-refractivity contribution is 7.19. The van der Waals surface area contributed by atoms with E-state index in [4.69, 9.17) is 35.8 Å². The van der Waals surface area contributed by atoms with Gasteiger partial charge in [-0.25, -0.2) is 0 Å². The highest BCUT2D eigenvalue weighted by Gasteiger charge is 2.49. The molecular formula is C21H57ClO6Si7. The molecule has 0 aliphatic rings. The molecule has 0 atom stereocenters. The van der Waals surface area contributed by atoms with Crippen LogP contribution in [0.1, 0.15) is 27.7 Å². The van der Waals surface area contributed by atoms with Crippen LogP contribution in [0.25, 0.3) is 0 Å². The van der Waals surface area contributed by atoms with Gasteiger partial charge in [-0.1, -0.05) is 27.7 Å². The summed E-state index contributed by atoms with van der Waals surface area (Å²) < 4.78 is 39.7. The van der Waals surface area contributed by atoms with Gasteiger partial charge in [-0.15, -0.1) is 11.1 Å². The molecule has 0 unspecified atom stereocenters. The van der Waals surface area contributed by atoms with Crippen molar-refractivity contribution < 1.29 is 24.7 Å². The summed E-state index contributed by atoms with van der Waals surface area (Å²) in [4.78, 5) is 0. The van der Waals surface area contributed by atoms with Gasteiger partial charge in [0, 0.05) is 0 Å². The summed E-state index contributed by atoms with van der Waals surface area (Å²) in [7, 11) is -16.5. The molecule has 0 heterocycles. The second-order valence-corrected chi connectivity index (χ2v) is 41.6. The van der Waals surface area contributed by atoms with E-state index in [0.717, 1.165) is 12.1 Å². The molecule has 0 aliphatic heterocycles. The van der Waals surface area contributed by atoms with Crippen LogP contribution < -0.4 is 0 Å². The van der Waals surface area contributed by atoms with Crippen molar-refractivity contribution in [3.05, 3.63) is 0 Å². The highest BCUT2D eigenvalue weighted by atomic mass is 35.6. The van der Waals surface area contributed by atoms with E-state index >= 15 is 0 Å². The van der Waals surface area contributed by atoms with E-state index < -0.39 is 58.7 Å². The van der Waals surface area contributed by atoms with Gasteiger partial charge in [-0.2, -0.15) is 0 Å². The Morgan fingerprint density at radius 2 is 0.657 bits per heavy atom. The zero-order chi connectivity index (χ0) is 28.3. The molecule has 0 saturated carbocycles. The monoisotopic (exact) mass is 636 g/mol. The molecule has 0 radical (unpaired) electrons. The van der Waals surface area contributed by atoms with Crippen molar-refractivity contribution in [1.29, 1.82) is 0 Å². The van der Waals surface area contributed by atoms with Gasteiger partial charge < -0.3 is 24.7 Å². The lowest BCUT2D eigenvalue weighted by Gasteiger charge is -2.43.